The van der Waals surface area contributed by atoms with Crippen molar-refractivity contribution in [1.29, 1.82) is 0 Å². The van der Waals surface area contributed by atoms with Crippen LogP contribution in [0.15, 0.2) is 85.2 Å². The Balaban J connectivity index is 1.49. The molecule has 2 aromatic carbocycles. The summed E-state index contributed by atoms with van der Waals surface area (Å²) in [5.74, 6) is 1.10. The largest absolute Gasteiger partial charge is 0.340 e. The number of para-hydroxylation sites is 1. The Morgan fingerprint density at radius 1 is 0.742 bits per heavy atom. The van der Waals surface area contributed by atoms with Crippen LogP contribution in [-0.2, 0) is 0 Å². The fourth-order valence-electron chi connectivity index (χ4n) is 2.89. The van der Waals surface area contributed by atoms with Gasteiger partial charge in [0.25, 0.3) is 0 Å². The average Bonchev–Trinajstić information content (AvgIpc) is 2.77. The highest BCUT2D eigenvalue weighted by Crippen LogP contribution is 2.27. The van der Waals surface area contributed by atoms with Crippen molar-refractivity contribution in [2.75, 3.05) is 16.0 Å². The summed E-state index contributed by atoms with van der Waals surface area (Å²) in [5.41, 5.74) is 3.16. The lowest BCUT2D eigenvalue weighted by Gasteiger charge is -2.11. The molecular formula is C23H17Cl2N5O. The van der Waals surface area contributed by atoms with Crippen molar-refractivity contribution in [3.05, 3.63) is 95.2 Å². The molecular weight excluding hydrogens is 433 g/mol. The summed E-state index contributed by atoms with van der Waals surface area (Å²) in [6.45, 7) is 0. The number of benzene rings is 2. The minimum Gasteiger partial charge on any atom is -0.340 e. The van der Waals surface area contributed by atoms with E-state index in [2.05, 4.69) is 25.9 Å². The van der Waals surface area contributed by atoms with Gasteiger partial charge in [0.15, 0.2) is 0 Å². The van der Waals surface area contributed by atoms with Crippen LogP contribution >= 0.6 is 23.2 Å². The monoisotopic (exact) mass is 449 g/mol. The topological polar surface area (TPSA) is 78.9 Å². The second kappa shape index (κ2) is 9.47. The summed E-state index contributed by atoms with van der Waals surface area (Å²) < 4.78 is 0. The molecule has 0 atom stereocenters. The van der Waals surface area contributed by atoms with Gasteiger partial charge >= 0.3 is 6.03 Å². The number of rotatable bonds is 5. The number of pyridine rings is 2. The molecule has 2 aromatic heterocycles. The number of nitrogens with one attached hydrogen (secondary N) is 3. The van der Waals surface area contributed by atoms with E-state index in [4.69, 9.17) is 23.2 Å². The minimum atomic E-state index is -0.477. The molecule has 0 unspecified atom stereocenters. The van der Waals surface area contributed by atoms with E-state index in [0.29, 0.717) is 27.4 Å². The van der Waals surface area contributed by atoms with Gasteiger partial charge < -0.3 is 10.6 Å². The van der Waals surface area contributed by atoms with Crippen molar-refractivity contribution in [2.24, 2.45) is 0 Å². The normalized spacial score (nSPS) is 10.4. The van der Waals surface area contributed by atoms with Crippen LogP contribution in [0.25, 0.3) is 11.1 Å². The molecule has 31 heavy (non-hydrogen) atoms. The predicted octanol–water partition coefficient (Wildman–Crippen LogP) is 6.84. The van der Waals surface area contributed by atoms with Gasteiger partial charge in [-0.25, -0.2) is 14.8 Å². The van der Waals surface area contributed by atoms with Gasteiger partial charge in [0.2, 0.25) is 0 Å². The molecule has 2 amide bonds. The fraction of sp³-hybridized carbons (Fsp3) is 0. The van der Waals surface area contributed by atoms with Crippen LogP contribution in [0.4, 0.5) is 27.8 Å². The van der Waals surface area contributed by atoms with E-state index < -0.39 is 6.03 Å². The van der Waals surface area contributed by atoms with Crippen molar-refractivity contribution in [1.82, 2.24) is 9.97 Å². The number of amides is 2. The first kappa shape index (κ1) is 20.7. The van der Waals surface area contributed by atoms with Crippen LogP contribution in [0.5, 0.6) is 0 Å². The first-order chi connectivity index (χ1) is 15.1. The first-order valence-corrected chi connectivity index (χ1v) is 10.1. The Kier molecular flexibility index (Phi) is 6.31. The van der Waals surface area contributed by atoms with Crippen LogP contribution in [0.2, 0.25) is 10.0 Å². The Bertz CT molecular complexity index is 1220. The number of halogens is 2. The van der Waals surface area contributed by atoms with E-state index in [9.17, 15) is 4.79 Å². The molecule has 4 aromatic rings. The van der Waals surface area contributed by atoms with Crippen molar-refractivity contribution in [3.63, 3.8) is 0 Å². The van der Waals surface area contributed by atoms with Crippen LogP contribution in [-0.4, -0.2) is 16.0 Å². The SMILES string of the molecule is O=C(Nc1cc(-c2ccnc(Nc3ccccc3)c2)ccn1)Nc1cc(Cl)ccc1Cl. The highest BCUT2D eigenvalue weighted by molar-refractivity contribution is 6.35. The van der Waals surface area contributed by atoms with Gasteiger partial charge in [0.05, 0.1) is 10.7 Å². The number of aromatic nitrogens is 2. The third kappa shape index (κ3) is 5.51. The van der Waals surface area contributed by atoms with E-state index >= 15 is 0 Å². The van der Waals surface area contributed by atoms with Crippen LogP contribution in [0.1, 0.15) is 0 Å². The maximum Gasteiger partial charge on any atom is 0.324 e. The lowest BCUT2D eigenvalue weighted by atomic mass is 10.1. The molecule has 0 bridgehead atoms. The molecule has 6 nitrogen and oxygen atoms in total. The first-order valence-electron chi connectivity index (χ1n) is 9.34. The Morgan fingerprint density at radius 2 is 1.42 bits per heavy atom. The van der Waals surface area contributed by atoms with Gasteiger partial charge in [-0.3, -0.25) is 5.32 Å². The quantitative estimate of drug-likeness (QED) is 0.311. The smallest absolute Gasteiger partial charge is 0.324 e. The number of carbonyl (C=O) groups excluding carboxylic acids is 1. The number of urea groups is 1. The van der Waals surface area contributed by atoms with E-state index in [1.54, 1.807) is 36.7 Å². The summed E-state index contributed by atoms with van der Waals surface area (Å²) in [6.07, 6.45) is 3.35. The zero-order valence-corrected chi connectivity index (χ0v) is 17.7. The second-order valence-corrected chi connectivity index (χ2v) is 7.40. The van der Waals surface area contributed by atoms with Crippen LogP contribution in [0.3, 0.4) is 0 Å². The van der Waals surface area contributed by atoms with Gasteiger partial charge in [-0.05, 0) is 65.7 Å². The number of nitrogens with zero attached hydrogens (tertiary/aromatic N) is 2. The third-order valence-electron chi connectivity index (χ3n) is 4.32. The minimum absolute atomic E-state index is 0.386. The Labute approximate surface area is 189 Å². The highest BCUT2D eigenvalue weighted by Gasteiger charge is 2.09. The number of anilines is 4. The molecule has 3 N–H and O–H groups in total. The molecule has 0 aliphatic heterocycles. The predicted molar refractivity (Wildman–Crippen MR) is 126 cm³/mol. The molecule has 0 fully saturated rings. The maximum absolute atomic E-state index is 12.4. The Hall–Kier alpha value is -3.61. The summed E-state index contributed by atoms with van der Waals surface area (Å²) in [7, 11) is 0. The molecule has 0 spiro atoms. The summed E-state index contributed by atoms with van der Waals surface area (Å²) in [4.78, 5) is 20.9. The van der Waals surface area contributed by atoms with Crippen molar-refractivity contribution in [3.8, 4) is 11.1 Å². The number of hydrogen-bond donors (Lipinski definition) is 3. The second-order valence-electron chi connectivity index (χ2n) is 6.55. The molecule has 0 saturated heterocycles. The molecule has 154 valence electrons. The third-order valence-corrected chi connectivity index (χ3v) is 4.88. The molecule has 8 heteroatoms. The van der Waals surface area contributed by atoms with E-state index in [0.717, 1.165) is 16.8 Å². The summed E-state index contributed by atoms with van der Waals surface area (Å²) >= 11 is 12.1. The summed E-state index contributed by atoms with van der Waals surface area (Å²) in [5, 5.41) is 9.50. The van der Waals surface area contributed by atoms with E-state index in [-0.39, 0.29) is 0 Å². The van der Waals surface area contributed by atoms with Crippen LogP contribution < -0.4 is 16.0 Å². The number of hydrogen-bond acceptors (Lipinski definition) is 4. The molecule has 0 aliphatic carbocycles. The average molecular weight is 450 g/mol. The van der Waals surface area contributed by atoms with Crippen molar-refractivity contribution < 1.29 is 4.79 Å². The van der Waals surface area contributed by atoms with E-state index in [1.165, 1.54) is 0 Å². The van der Waals surface area contributed by atoms with Gasteiger partial charge in [-0.1, -0.05) is 41.4 Å². The highest BCUT2D eigenvalue weighted by atomic mass is 35.5. The van der Waals surface area contributed by atoms with Crippen molar-refractivity contribution in [2.45, 2.75) is 0 Å². The van der Waals surface area contributed by atoms with Gasteiger partial charge in [0.1, 0.15) is 11.6 Å². The van der Waals surface area contributed by atoms with Gasteiger partial charge in [0, 0.05) is 23.1 Å². The van der Waals surface area contributed by atoms with Crippen molar-refractivity contribution >= 4 is 52.2 Å². The maximum atomic E-state index is 12.4. The molecule has 0 saturated carbocycles. The fourth-order valence-corrected chi connectivity index (χ4v) is 3.23. The van der Waals surface area contributed by atoms with Crippen LogP contribution in [0, 0.1) is 0 Å². The Morgan fingerprint density at radius 3 is 2.16 bits per heavy atom. The molecule has 0 radical (unpaired) electrons. The standard InChI is InChI=1S/C23H17Cl2N5O/c24-17-6-7-19(25)20(14-17)29-23(31)30-22-13-16(9-11-27-22)15-8-10-26-21(12-15)28-18-4-2-1-3-5-18/h1-14H,(H,26,28)(H2,27,29,30,31). The molecule has 4 rings (SSSR count). The number of carbonyl (C=O) groups is 1. The lowest BCUT2D eigenvalue weighted by Crippen LogP contribution is -2.20. The molecule has 0 aliphatic rings. The molecule has 2 heterocycles. The van der Waals surface area contributed by atoms with Gasteiger partial charge in [-0.2, -0.15) is 0 Å². The summed E-state index contributed by atoms with van der Waals surface area (Å²) in [6, 6.07) is 21.6. The van der Waals surface area contributed by atoms with Gasteiger partial charge in [-0.15, -0.1) is 0 Å². The lowest BCUT2D eigenvalue weighted by molar-refractivity contribution is 0.262. The zero-order chi connectivity index (χ0) is 21.6. The van der Waals surface area contributed by atoms with E-state index in [1.807, 2.05) is 48.5 Å². The zero-order valence-electron chi connectivity index (χ0n) is 16.1.